The van der Waals surface area contributed by atoms with Gasteiger partial charge in [-0.25, -0.2) is 4.79 Å². The summed E-state index contributed by atoms with van der Waals surface area (Å²) in [6.45, 7) is 5.42. The van der Waals surface area contributed by atoms with E-state index in [2.05, 4.69) is 0 Å². The van der Waals surface area contributed by atoms with Crippen molar-refractivity contribution in [2.75, 3.05) is 0 Å². The molecule has 3 N–H and O–H groups in total. The molecule has 0 heterocycles. The van der Waals surface area contributed by atoms with E-state index >= 15 is 0 Å². The number of primary amides is 1. The van der Waals surface area contributed by atoms with Gasteiger partial charge in [-0.1, -0.05) is 30.3 Å². The normalized spacial score (nSPS) is 14.7. The van der Waals surface area contributed by atoms with Crippen LogP contribution < -0.4 is 5.73 Å². The maximum atomic E-state index is 10.8. The van der Waals surface area contributed by atoms with Gasteiger partial charge in [0.15, 0.2) is 0 Å². The van der Waals surface area contributed by atoms with Crippen LogP contribution in [-0.4, -0.2) is 22.9 Å². The summed E-state index contributed by atoms with van der Waals surface area (Å²) in [6, 6.07) is 9.85. The minimum atomic E-state index is -0.765. The zero-order chi connectivity index (χ0) is 14.5. The first-order valence-electron chi connectivity index (χ1n) is 6.53. The molecule has 1 aromatic carbocycles. The first-order valence-corrected chi connectivity index (χ1v) is 6.53. The molecule has 0 spiro atoms. The lowest BCUT2D eigenvalue weighted by atomic mass is 9.86. The second-order valence-electron chi connectivity index (χ2n) is 5.48. The Balaban J connectivity index is 2.68. The molecule has 0 aliphatic rings. The van der Waals surface area contributed by atoms with Gasteiger partial charge in [0, 0.05) is 5.92 Å². The Kier molecular flexibility index (Phi) is 5.36. The minimum Gasteiger partial charge on any atom is -0.444 e. The van der Waals surface area contributed by atoms with Gasteiger partial charge in [0.2, 0.25) is 0 Å². The molecule has 19 heavy (non-hydrogen) atoms. The summed E-state index contributed by atoms with van der Waals surface area (Å²) >= 11 is 0. The van der Waals surface area contributed by atoms with E-state index in [1.807, 2.05) is 44.2 Å². The molecule has 2 atom stereocenters. The molecule has 0 aromatic heterocycles. The highest BCUT2D eigenvalue weighted by Crippen LogP contribution is 2.29. The molecular weight excluding hydrogens is 242 g/mol. The standard InChI is InChI=1S/C15H23NO3/c1-11(17)13(12-7-5-4-6-8-12)9-10-15(2,3)19-14(16)18/h4-8,11,13,17H,9-10H2,1-3H3,(H2,16,18). The monoisotopic (exact) mass is 265 g/mol. The molecule has 0 fully saturated rings. The summed E-state index contributed by atoms with van der Waals surface area (Å²) < 4.78 is 5.06. The highest BCUT2D eigenvalue weighted by atomic mass is 16.6. The average Bonchev–Trinajstić information content (AvgIpc) is 2.28. The lowest BCUT2D eigenvalue weighted by Crippen LogP contribution is -2.32. The van der Waals surface area contributed by atoms with Crippen molar-refractivity contribution in [3.05, 3.63) is 35.9 Å². The van der Waals surface area contributed by atoms with Crippen molar-refractivity contribution in [1.29, 1.82) is 0 Å². The smallest absolute Gasteiger partial charge is 0.405 e. The van der Waals surface area contributed by atoms with Gasteiger partial charge in [0.1, 0.15) is 5.60 Å². The molecule has 0 saturated carbocycles. The van der Waals surface area contributed by atoms with Gasteiger partial charge in [-0.15, -0.1) is 0 Å². The number of nitrogens with two attached hydrogens (primary N) is 1. The Morgan fingerprint density at radius 2 is 1.95 bits per heavy atom. The number of carbonyl (C=O) groups is 1. The van der Waals surface area contributed by atoms with Crippen LogP contribution in [0.15, 0.2) is 30.3 Å². The fraction of sp³-hybridized carbons (Fsp3) is 0.533. The van der Waals surface area contributed by atoms with Crippen LogP contribution >= 0.6 is 0 Å². The van der Waals surface area contributed by atoms with Crippen LogP contribution in [-0.2, 0) is 4.74 Å². The number of hydrogen-bond acceptors (Lipinski definition) is 3. The topological polar surface area (TPSA) is 72.6 Å². The minimum absolute atomic E-state index is 0.0250. The number of benzene rings is 1. The first-order chi connectivity index (χ1) is 8.82. The largest absolute Gasteiger partial charge is 0.444 e. The van der Waals surface area contributed by atoms with Gasteiger partial charge in [-0.2, -0.15) is 0 Å². The van der Waals surface area contributed by atoms with Gasteiger partial charge in [-0.3, -0.25) is 0 Å². The molecule has 1 aromatic rings. The third-order valence-electron chi connectivity index (χ3n) is 3.24. The van der Waals surface area contributed by atoms with Crippen molar-refractivity contribution >= 4 is 6.09 Å². The number of aliphatic hydroxyl groups is 1. The second-order valence-corrected chi connectivity index (χ2v) is 5.48. The molecule has 0 aliphatic carbocycles. The zero-order valence-electron chi connectivity index (χ0n) is 11.8. The Bertz CT molecular complexity index is 401. The van der Waals surface area contributed by atoms with Gasteiger partial charge < -0.3 is 15.6 Å². The number of aliphatic hydroxyl groups excluding tert-OH is 1. The molecule has 4 heteroatoms. The maximum Gasteiger partial charge on any atom is 0.405 e. The SMILES string of the molecule is CC(O)C(CCC(C)(C)OC(N)=O)c1ccccc1. The molecule has 2 unspecified atom stereocenters. The van der Waals surface area contributed by atoms with Gasteiger partial charge in [0.05, 0.1) is 6.10 Å². The number of hydrogen-bond donors (Lipinski definition) is 2. The number of amides is 1. The number of rotatable bonds is 6. The molecule has 106 valence electrons. The van der Waals surface area contributed by atoms with Crippen LogP contribution in [0.1, 0.15) is 45.1 Å². The fourth-order valence-corrected chi connectivity index (χ4v) is 2.21. The van der Waals surface area contributed by atoms with Crippen LogP contribution in [0.25, 0.3) is 0 Å². The molecule has 1 rings (SSSR count). The van der Waals surface area contributed by atoms with E-state index in [4.69, 9.17) is 10.5 Å². The van der Waals surface area contributed by atoms with E-state index in [1.165, 1.54) is 0 Å². The van der Waals surface area contributed by atoms with Crippen LogP contribution in [0.2, 0.25) is 0 Å². The molecule has 0 aliphatic heterocycles. The summed E-state index contributed by atoms with van der Waals surface area (Å²) in [5.41, 5.74) is 5.52. The predicted molar refractivity (Wildman–Crippen MR) is 74.8 cm³/mol. The van der Waals surface area contributed by atoms with E-state index in [0.29, 0.717) is 6.42 Å². The lowest BCUT2D eigenvalue weighted by molar-refractivity contribution is 0.0322. The van der Waals surface area contributed by atoms with Gasteiger partial charge >= 0.3 is 6.09 Å². The Hall–Kier alpha value is -1.55. The Morgan fingerprint density at radius 1 is 1.37 bits per heavy atom. The zero-order valence-corrected chi connectivity index (χ0v) is 11.8. The van der Waals surface area contributed by atoms with Crippen LogP contribution in [0, 0.1) is 0 Å². The molecule has 0 saturated heterocycles. The van der Waals surface area contributed by atoms with E-state index in [9.17, 15) is 9.90 Å². The molecule has 4 nitrogen and oxygen atoms in total. The predicted octanol–water partition coefficient (Wildman–Crippen LogP) is 2.81. The highest BCUT2D eigenvalue weighted by Gasteiger charge is 2.25. The van der Waals surface area contributed by atoms with E-state index in [-0.39, 0.29) is 5.92 Å². The van der Waals surface area contributed by atoms with Crippen LogP contribution in [0.3, 0.4) is 0 Å². The van der Waals surface area contributed by atoms with Crippen LogP contribution in [0.4, 0.5) is 4.79 Å². The first kappa shape index (κ1) is 15.5. The summed E-state index contributed by atoms with van der Waals surface area (Å²) in [6.07, 6.45) is 0.146. The summed E-state index contributed by atoms with van der Waals surface area (Å²) in [7, 11) is 0. The van der Waals surface area contributed by atoms with Crippen molar-refractivity contribution in [3.8, 4) is 0 Å². The van der Waals surface area contributed by atoms with Crippen LogP contribution in [0.5, 0.6) is 0 Å². The Morgan fingerprint density at radius 3 is 2.42 bits per heavy atom. The van der Waals surface area contributed by atoms with E-state index < -0.39 is 17.8 Å². The van der Waals surface area contributed by atoms with Crippen molar-refractivity contribution < 1.29 is 14.6 Å². The van der Waals surface area contributed by atoms with E-state index in [1.54, 1.807) is 6.92 Å². The number of carbonyl (C=O) groups excluding carboxylic acids is 1. The van der Waals surface area contributed by atoms with Crippen molar-refractivity contribution in [2.24, 2.45) is 5.73 Å². The van der Waals surface area contributed by atoms with Crippen molar-refractivity contribution in [3.63, 3.8) is 0 Å². The average molecular weight is 265 g/mol. The quantitative estimate of drug-likeness (QED) is 0.830. The summed E-state index contributed by atoms with van der Waals surface area (Å²) in [4.78, 5) is 10.8. The van der Waals surface area contributed by atoms with Crippen molar-refractivity contribution in [1.82, 2.24) is 0 Å². The molecule has 0 bridgehead atoms. The Labute approximate surface area is 114 Å². The fourth-order valence-electron chi connectivity index (χ4n) is 2.21. The second kappa shape index (κ2) is 6.57. The molecule has 1 amide bonds. The third-order valence-corrected chi connectivity index (χ3v) is 3.24. The summed E-state index contributed by atoms with van der Waals surface area (Å²) in [5.74, 6) is 0.0250. The van der Waals surface area contributed by atoms with Crippen molar-refractivity contribution in [2.45, 2.75) is 51.2 Å². The number of ether oxygens (including phenoxy) is 1. The van der Waals surface area contributed by atoms with Gasteiger partial charge in [0.25, 0.3) is 0 Å². The third kappa shape index (κ3) is 5.30. The lowest BCUT2D eigenvalue weighted by Gasteiger charge is -2.28. The molecular formula is C15H23NO3. The molecule has 0 radical (unpaired) electrons. The van der Waals surface area contributed by atoms with Gasteiger partial charge in [-0.05, 0) is 39.2 Å². The maximum absolute atomic E-state index is 10.8. The van der Waals surface area contributed by atoms with E-state index in [0.717, 1.165) is 12.0 Å². The highest BCUT2D eigenvalue weighted by molar-refractivity contribution is 5.65. The summed E-state index contributed by atoms with van der Waals surface area (Å²) in [5, 5.41) is 9.91.